The fraction of sp³-hybridized carbons (Fsp3) is 1.00. The summed E-state index contributed by atoms with van der Waals surface area (Å²) in [4.78, 5) is 0. The lowest BCUT2D eigenvalue weighted by Crippen LogP contribution is -2.56. The van der Waals surface area contributed by atoms with E-state index in [-0.39, 0.29) is 6.10 Å². The molecule has 2 bridgehead atoms. The minimum Gasteiger partial charge on any atom is -0.387 e. The lowest BCUT2D eigenvalue weighted by atomic mass is 9.58. The molecule has 3 saturated carbocycles. The second-order valence-corrected chi connectivity index (χ2v) is 8.34. The Balaban J connectivity index is 1.91. The maximum absolute atomic E-state index is 11.6. The standard InChI is InChI=1S/C18H32O2/c1-5-20-15-8-6-7-10-18(15,19)14-12-13-9-11-17(14,4)16(13,2)3/h13-15,19H,5-12H2,1-4H3/t13-,14-,15?,17+,18?/m1/s1. The molecule has 3 rings (SSSR count). The number of ether oxygens (including phenoxy) is 1. The molecule has 2 nitrogen and oxygen atoms in total. The van der Waals surface area contributed by atoms with Crippen molar-refractivity contribution in [3.05, 3.63) is 0 Å². The normalized spacial score (nSPS) is 50.5. The third-order valence-electron chi connectivity index (χ3n) is 7.62. The summed E-state index contributed by atoms with van der Waals surface area (Å²) < 4.78 is 5.98. The Morgan fingerprint density at radius 3 is 2.40 bits per heavy atom. The van der Waals surface area contributed by atoms with Crippen LogP contribution in [0.4, 0.5) is 0 Å². The van der Waals surface area contributed by atoms with E-state index < -0.39 is 5.60 Å². The summed E-state index contributed by atoms with van der Waals surface area (Å²) in [5.41, 5.74) is 0.0934. The molecule has 0 aromatic rings. The Morgan fingerprint density at radius 1 is 1.10 bits per heavy atom. The first-order chi connectivity index (χ1) is 9.36. The van der Waals surface area contributed by atoms with Gasteiger partial charge in [-0.1, -0.05) is 33.6 Å². The number of hydrogen-bond donors (Lipinski definition) is 1. The zero-order chi connectivity index (χ0) is 14.6. The van der Waals surface area contributed by atoms with Crippen LogP contribution in [0.15, 0.2) is 0 Å². The predicted molar refractivity (Wildman–Crippen MR) is 81.6 cm³/mol. The van der Waals surface area contributed by atoms with Crippen molar-refractivity contribution < 1.29 is 9.84 Å². The highest BCUT2D eigenvalue weighted by Crippen LogP contribution is 2.71. The molecule has 20 heavy (non-hydrogen) atoms. The Kier molecular flexibility index (Phi) is 3.49. The smallest absolute Gasteiger partial charge is 0.0941 e. The summed E-state index contributed by atoms with van der Waals surface area (Å²) in [7, 11) is 0. The van der Waals surface area contributed by atoms with Gasteiger partial charge in [0.05, 0.1) is 11.7 Å². The van der Waals surface area contributed by atoms with Gasteiger partial charge in [-0.05, 0) is 61.7 Å². The molecule has 0 aromatic heterocycles. The van der Waals surface area contributed by atoms with Crippen molar-refractivity contribution in [2.45, 2.75) is 84.3 Å². The Bertz CT molecular complexity index is 376. The van der Waals surface area contributed by atoms with Crippen molar-refractivity contribution in [3.63, 3.8) is 0 Å². The van der Waals surface area contributed by atoms with Crippen LogP contribution >= 0.6 is 0 Å². The van der Waals surface area contributed by atoms with Crippen LogP contribution in [0, 0.1) is 22.7 Å². The highest BCUT2D eigenvalue weighted by Gasteiger charge is 2.67. The van der Waals surface area contributed by atoms with Gasteiger partial charge in [-0.25, -0.2) is 0 Å². The van der Waals surface area contributed by atoms with E-state index in [1.165, 1.54) is 25.7 Å². The van der Waals surface area contributed by atoms with Crippen LogP contribution in [0.2, 0.25) is 0 Å². The molecule has 3 aliphatic rings. The van der Waals surface area contributed by atoms with Crippen molar-refractivity contribution >= 4 is 0 Å². The largest absolute Gasteiger partial charge is 0.387 e. The van der Waals surface area contributed by atoms with Gasteiger partial charge in [-0.3, -0.25) is 0 Å². The molecule has 3 aliphatic carbocycles. The molecule has 2 unspecified atom stereocenters. The maximum atomic E-state index is 11.6. The molecular weight excluding hydrogens is 248 g/mol. The van der Waals surface area contributed by atoms with Gasteiger partial charge in [0.2, 0.25) is 0 Å². The minimum absolute atomic E-state index is 0.0678. The van der Waals surface area contributed by atoms with Gasteiger partial charge in [0, 0.05) is 6.61 Å². The van der Waals surface area contributed by atoms with Crippen molar-refractivity contribution in [1.82, 2.24) is 0 Å². The molecule has 2 heteroatoms. The third kappa shape index (κ3) is 1.76. The number of aliphatic hydroxyl groups is 1. The molecule has 0 radical (unpaired) electrons. The quantitative estimate of drug-likeness (QED) is 0.841. The molecular formula is C18H32O2. The fourth-order valence-electron chi connectivity index (χ4n) is 5.94. The van der Waals surface area contributed by atoms with Crippen LogP contribution in [-0.4, -0.2) is 23.4 Å². The SMILES string of the molecule is CCOC1CCCCC1(O)[C@@H]1C[C@H]2CC[C@]1(C)C2(C)C. The van der Waals surface area contributed by atoms with Crippen molar-refractivity contribution in [1.29, 1.82) is 0 Å². The molecule has 3 fully saturated rings. The van der Waals surface area contributed by atoms with Crippen LogP contribution in [0.5, 0.6) is 0 Å². The summed E-state index contributed by atoms with van der Waals surface area (Å²) in [6.45, 7) is 10.1. The third-order valence-corrected chi connectivity index (χ3v) is 7.62. The summed E-state index contributed by atoms with van der Waals surface area (Å²) in [5, 5.41) is 11.6. The predicted octanol–water partition coefficient (Wildman–Crippen LogP) is 4.16. The zero-order valence-electron chi connectivity index (χ0n) is 13.7. The number of rotatable bonds is 3. The first kappa shape index (κ1) is 14.8. The van der Waals surface area contributed by atoms with Gasteiger partial charge < -0.3 is 9.84 Å². The summed E-state index contributed by atoms with van der Waals surface area (Å²) in [5.74, 6) is 1.23. The van der Waals surface area contributed by atoms with Crippen molar-refractivity contribution in [3.8, 4) is 0 Å². The van der Waals surface area contributed by atoms with Gasteiger partial charge in [0.1, 0.15) is 0 Å². The van der Waals surface area contributed by atoms with Crippen LogP contribution in [0.25, 0.3) is 0 Å². The lowest BCUT2D eigenvalue weighted by Gasteiger charge is -2.51. The van der Waals surface area contributed by atoms with Gasteiger partial charge in [-0.15, -0.1) is 0 Å². The van der Waals surface area contributed by atoms with Gasteiger partial charge in [0.15, 0.2) is 0 Å². The summed E-state index contributed by atoms with van der Waals surface area (Å²) in [6.07, 6.45) is 8.29. The van der Waals surface area contributed by atoms with Crippen molar-refractivity contribution in [2.24, 2.45) is 22.7 Å². The zero-order valence-corrected chi connectivity index (χ0v) is 13.7. The average molecular weight is 280 g/mol. The number of fused-ring (bicyclic) bond motifs is 2. The minimum atomic E-state index is -0.574. The highest BCUT2D eigenvalue weighted by molar-refractivity contribution is 5.16. The van der Waals surface area contributed by atoms with Crippen LogP contribution in [-0.2, 0) is 4.74 Å². The average Bonchev–Trinajstić information content (AvgIpc) is 2.74. The summed E-state index contributed by atoms with van der Waals surface area (Å²) in [6, 6.07) is 0. The molecule has 0 spiro atoms. The second kappa shape index (κ2) is 4.71. The second-order valence-electron chi connectivity index (χ2n) is 8.34. The van der Waals surface area contributed by atoms with Crippen molar-refractivity contribution in [2.75, 3.05) is 6.61 Å². The van der Waals surface area contributed by atoms with E-state index in [1.54, 1.807) is 0 Å². The van der Waals surface area contributed by atoms with Crippen LogP contribution in [0.3, 0.4) is 0 Å². The molecule has 0 saturated heterocycles. The van der Waals surface area contributed by atoms with Crippen LogP contribution in [0.1, 0.15) is 72.6 Å². The molecule has 0 heterocycles. The van der Waals surface area contributed by atoms with Gasteiger partial charge in [-0.2, -0.15) is 0 Å². The van der Waals surface area contributed by atoms with E-state index in [1.807, 2.05) is 0 Å². The Labute approximate surface area is 124 Å². The summed E-state index contributed by atoms with van der Waals surface area (Å²) >= 11 is 0. The first-order valence-corrected chi connectivity index (χ1v) is 8.70. The van der Waals surface area contributed by atoms with E-state index in [4.69, 9.17) is 4.74 Å². The highest BCUT2D eigenvalue weighted by atomic mass is 16.5. The fourth-order valence-corrected chi connectivity index (χ4v) is 5.94. The lowest BCUT2D eigenvalue weighted by molar-refractivity contribution is -0.184. The van der Waals surface area contributed by atoms with Crippen LogP contribution < -0.4 is 0 Å². The van der Waals surface area contributed by atoms with E-state index in [0.717, 1.165) is 31.8 Å². The van der Waals surface area contributed by atoms with E-state index >= 15 is 0 Å². The molecule has 0 amide bonds. The topological polar surface area (TPSA) is 29.5 Å². The monoisotopic (exact) mass is 280 g/mol. The molecule has 0 aromatic carbocycles. The van der Waals surface area contributed by atoms with E-state index in [0.29, 0.717) is 16.7 Å². The first-order valence-electron chi connectivity index (χ1n) is 8.70. The van der Waals surface area contributed by atoms with E-state index in [2.05, 4.69) is 27.7 Å². The Morgan fingerprint density at radius 2 is 1.85 bits per heavy atom. The molecule has 116 valence electrons. The van der Waals surface area contributed by atoms with Gasteiger partial charge in [0.25, 0.3) is 0 Å². The van der Waals surface area contributed by atoms with Gasteiger partial charge >= 0.3 is 0 Å². The molecule has 0 aliphatic heterocycles. The van der Waals surface area contributed by atoms with E-state index in [9.17, 15) is 5.11 Å². The molecule has 5 atom stereocenters. The number of hydrogen-bond acceptors (Lipinski definition) is 2. The Hall–Kier alpha value is -0.0800. The molecule has 1 N–H and O–H groups in total. The maximum Gasteiger partial charge on any atom is 0.0941 e.